The summed E-state index contributed by atoms with van der Waals surface area (Å²) in [6, 6.07) is 5.81. The zero-order valence-electron chi connectivity index (χ0n) is 10.5. The predicted octanol–water partition coefficient (Wildman–Crippen LogP) is 2.05. The van der Waals surface area contributed by atoms with Gasteiger partial charge in [-0.2, -0.15) is 0 Å². The molecule has 4 nitrogen and oxygen atoms in total. The van der Waals surface area contributed by atoms with Gasteiger partial charge in [-0.1, -0.05) is 6.07 Å². The quantitative estimate of drug-likeness (QED) is 0.854. The second-order valence-electron chi connectivity index (χ2n) is 5.27. The lowest BCUT2D eigenvalue weighted by Gasteiger charge is -2.20. The Hall–Kier alpha value is -1.55. The van der Waals surface area contributed by atoms with Gasteiger partial charge in [-0.3, -0.25) is 4.98 Å². The zero-order chi connectivity index (χ0) is 12.5. The third kappa shape index (κ3) is 3.20. The van der Waals surface area contributed by atoms with E-state index < -0.39 is 5.76 Å². The number of benzene rings is 1. The topological polar surface area (TPSA) is 58.0 Å². The van der Waals surface area contributed by atoms with E-state index in [2.05, 4.69) is 31.1 Å². The van der Waals surface area contributed by atoms with Crippen LogP contribution in [-0.4, -0.2) is 17.1 Å². The fourth-order valence-corrected chi connectivity index (χ4v) is 1.73. The summed E-state index contributed by atoms with van der Waals surface area (Å²) in [5.41, 5.74) is 2.67. The maximum absolute atomic E-state index is 11.0. The Labute approximate surface area is 100 Å². The summed E-state index contributed by atoms with van der Waals surface area (Å²) < 4.78 is 5.02. The highest BCUT2D eigenvalue weighted by atomic mass is 16.4. The summed E-state index contributed by atoms with van der Waals surface area (Å²) >= 11 is 0. The smallest absolute Gasteiger partial charge is 0.408 e. The number of aromatic nitrogens is 1. The van der Waals surface area contributed by atoms with Gasteiger partial charge >= 0.3 is 5.76 Å². The first-order valence-corrected chi connectivity index (χ1v) is 5.81. The van der Waals surface area contributed by atoms with E-state index in [4.69, 9.17) is 4.42 Å². The number of fused-ring (bicyclic) bond motifs is 1. The molecule has 2 aromatic rings. The van der Waals surface area contributed by atoms with Gasteiger partial charge in [0.1, 0.15) is 0 Å². The predicted molar refractivity (Wildman–Crippen MR) is 68.3 cm³/mol. The van der Waals surface area contributed by atoms with E-state index in [9.17, 15) is 4.79 Å². The van der Waals surface area contributed by atoms with Crippen molar-refractivity contribution in [3.05, 3.63) is 34.3 Å². The van der Waals surface area contributed by atoms with Crippen LogP contribution in [0.5, 0.6) is 0 Å². The number of nitrogens with one attached hydrogen (secondary N) is 2. The van der Waals surface area contributed by atoms with Crippen LogP contribution in [-0.2, 0) is 6.42 Å². The highest BCUT2D eigenvalue weighted by Crippen LogP contribution is 2.12. The van der Waals surface area contributed by atoms with Crippen LogP contribution in [0.1, 0.15) is 26.3 Å². The van der Waals surface area contributed by atoms with Gasteiger partial charge in [0, 0.05) is 5.54 Å². The fourth-order valence-electron chi connectivity index (χ4n) is 1.73. The average Bonchev–Trinajstić information content (AvgIpc) is 2.55. The first-order chi connectivity index (χ1) is 7.94. The Morgan fingerprint density at radius 2 is 2.12 bits per heavy atom. The summed E-state index contributed by atoms with van der Waals surface area (Å²) in [4.78, 5) is 13.6. The fraction of sp³-hybridized carbons (Fsp3) is 0.462. The standard InChI is InChI=1S/C13H18N2O2/c1-13(2,3)14-7-6-9-4-5-10-11(8-9)17-12(16)15-10/h4-5,8,14H,6-7H2,1-3H3,(H,15,16). The molecule has 0 saturated heterocycles. The number of hydrogen-bond donors (Lipinski definition) is 2. The molecule has 92 valence electrons. The number of aromatic amines is 1. The zero-order valence-corrected chi connectivity index (χ0v) is 10.5. The maximum atomic E-state index is 11.0. The average molecular weight is 234 g/mol. The molecule has 1 aromatic carbocycles. The summed E-state index contributed by atoms with van der Waals surface area (Å²) in [6.45, 7) is 7.33. The SMILES string of the molecule is CC(C)(C)NCCc1ccc2[nH]c(=O)oc2c1. The van der Waals surface area contributed by atoms with Gasteiger partial charge in [-0.05, 0) is 51.4 Å². The van der Waals surface area contributed by atoms with Crippen molar-refractivity contribution in [2.75, 3.05) is 6.54 Å². The lowest BCUT2D eigenvalue weighted by molar-refractivity contribution is 0.429. The Balaban J connectivity index is 2.06. The van der Waals surface area contributed by atoms with Crippen molar-refractivity contribution in [1.82, 2.24) is 10.3 Å². The molecule has 2 N–H and O–H groups in total. The highest BCUT2D eigenvalue weighted by molar-refractivity contribution is 5.72. The van der Waals surface area contributed by atoms with E-state index >= 15 is 0 Å². The van der Waals surface area contributed by atoms with Crippen molar-refractivity contribution in [1.29, 1.82) is 0 Å². The molecule has 4 heteroatoms. The van der Waals surface area contributed by atoms with E-state index in [0.29, 0.717) is 5.58 Å². The molecule has 0 aliphatic heterocycles. The molecule has 0 aliphatic rings. The van der Waals surface area contributed by atoms with E-state index in [0.717, 1.165) is 24.0 Å². The van der Waals surface area contributed by atoms with Crippen LogP contribution in [0.2, 0.25) is 0 Å². The molecule has 0 unspecified atom stereocenters. The molecule has 1 heterocycles. The second kappa shape index (κ2) is 4.37. The number of H-pyrrole nitrogens is 1. The summed E-state index contributed by atoms with van der Waals surface area (Å²) in [7, 11) is 0. The van der Waals surface area contributed by atoms with Crippen LogP contribution >= 0.6 is 0 Å². The molecule has 0 amide bonds. The Bertz CT molecular complexity index is 561. The van der Waals surface area contributed by atoms with Crippen LogP contribution in [0.15, 0.2) is 27.4 Å². The van der Waals surface area contributed by atoms with Crippen LogP contribution in [0.3, 0.4) is 0 Å². The Morgan fingerprint density at radius 3 is 2.82 bits per heavy atom. The maximum Gasteiger partial charge on any atom is 0.417 e. The summed E-state index contributed by atoms with van der Waals surface area (Å²) in [6.07, 6.45) is 0.919. The number of oxazole rings is 1. The normalized spacial score (nSPS) is 12.2. The molecule has 1 aromatic heterocycles. The molecule has 0 fully saturated rings. The van der Waals surface area contributed by atoms with Crippen LogP contribution in [0.25, 0.3) is 11.1 Å². The highest BCUT2D eigenvalue weighted by Gasteiger charge is 2.08. The first-order valence-electron chi connectivity index (χ1n) is 5.81. The summed E-state index contributed by atoms with van der Waals surface area (Å²) in [5.74, 6) is -0.398. The van der Waals surface area contributed by atoms with Crippen molar-refractivity contribution < 1.29 is 4.42 Å². The van der Waals surface area contributed by atoms with Gasteiger partial charge in [0.15, 0.2) is 5.58 Å². The second-order valence-corrected chi connectivity index (χ2v) is 5.27. The lowest BCUT2D eigenvalue weighted by atomic mass is 10.1. The Morgan fingerprint density at radius 1 is 1.35 bits per heavy atom. The van der Waals surface area contributed by atoms with E-state index in [1.54, 1.807) is 0 Å². The molecule has 0 bridgehead atoms. The van der Waals surface area contributed by atoms with Crippen molar-refractivity contribution in [2.45, 2.75) is 32.7 Å². The Kier molecular flexibility index (Phi) is 3.07. The summed E-state index contributed by atoms with van der Waals surface area (Å²) in [5, 5.41) is 3.42. The third-order valence-corrected chi connectivity index (χ3v) is 2.55. The minimum absolute atomic E-state index is 0.130. The molecule has 0 atom stereocenters. The van der Waals surface area contributed by atoms with Gasteiger partial charge in [0.05, 0.1) is 5.52 Å². The van der Waals surface area contributed by atoms with Gasteiger partial charge in [0.25, 0.3) is 0 Å². The van der Waals surface area contributed by atoms with Crippen molar-refractivity contribution >= 4 is 11.1 Å². The van der Waals surface area contributed by atoms with E-state index in [-0.39, 0.29) is 5.54 Å². The van der Waals surface area contributed by atoms with Crippen LogP contribution in [0.4, 0.5) is 0 Å². The van der Waals surface area contributed by atoms with Crippen molar-refractivity contribution in [3.63, 3.8) is 0 Å². The number of hydrogen-bond acceptors (Lipinski definition) is 3. The minimum Gasteiger partial charge on any atom is -0.408 e. The third-order valence-electron chi connectivity index (χ3n) is 2.55. The molecular weight excluding hydrogens is 216 g/mol. The molecule has 0 aliphatic carbocycles. The number of rotatable bonds is 3. The molecule has 0 spiro atoms. The van der Waals surface area contributed by atoms with Gasteiger partial charge in [-0.25, -0.2) is 4.79 Å². The van der Waals surface area contributed by atoms with Crippen LogP contribution < -0.4 is 11.1 Å². The molecule has 0 radical (unpaired) electrons. The van der Waals surface area contributed by atoms with Crippen molar-refractivity contribution in [2.24, 2.45) is 0 Å². The van der Waals surface area contributed by atoms with Gasteiger partial charge in [0.2, 0.25) is 0 Å². The molecule has 2 rings (SSSR count). The molecular formula is C13H18N2O2. The van der Waals surface area contributed by atoms with Gasteiger partial charge in [-0.15, -0.1) is 0 Å². The minimum atomic E-state index is -0.398. The first kappa shape index (κ1) is 11.9. The molecule has 0 saturated carbocycles. The van der Waals surface area contributed by atoms with E-state index in [1.807, 2.05) is 18.2 Å². The largest absolute Gasteiger partial charge is 0.417 e. The van der Waals surface area contributed by atoms with Crippen molar-refractivity contribution in [3.8, 4) is 0 Å². The monoisotopic (exact) mass is 234 g/mol. The molecule has 17 heavy (non-hydrogen) atoms. The van der Waals surface area contributed by atoms with Gasteiger partial charge < -0.3 is 9.73 Å². The van der Waals surface area contributed by atoms with E-state index in [1.165, 1.54) is 0 Å². The van der Waals surface area contributed by atoms with Crippen LogP contribution in [0, 0.1) is 0 Å². The lowest BCUT2D eigenvalue weighted by Crippen LogP contribution is -2.37.